The Morgan fingerprint density at radius 3 is 2.33 bits per heavy atom. The zero-order chi connectivity index (χ0) is 29.5. The van der Waals surface area contributed by atoms with Crippen LogP contribution < -0.4 is 16.0 Å². The van der Waals surface area contributed by atoms with Crippen molar-refractivity contribution in [1.29, 1.82) is 0 Å². The largest absolute Gasteiger partial charge is 0.383 e. The first-order valence-electron chi connectivity index (χ1n) is 14.1. The Morgan fingerprint density at radius 2 is 1.69 bits per heavy atom. The number of carbonyl (C=O) groups is 3. The molecule has 1 aliphatic heterocycles. The van der Waals surface area contributed by atoms with Crippen LogP contribution in [0.5, 0.6) is 0 Å². The third kappa shape index (κ3) is 7.13. The van der Waals surface area contributed by atoms with E-state index < -0.39 is 0 Å². The highest BCUT2D eigenvalue weighted by Crippen LogP contribution is 2.36. The number of urea groups is 1. The number of pyridine rings is 2. The van der Waals surface area contributed by atoms with Gasteiger partial charge in [0.25, 0.3) is 0 Å². The molecule has 218 valence electrons. The van der Waals surface area contributed by atoms with Gasteiger partial charge in [-0.05, 0) is 62.1 Å². The van der Waals surface area contributed by atoms with Crippen molar-refractivity contribution in [2.24, 2.45) is 0 Å². The van der Waals surface area contributed by atoms with E-state index in [1.807, 2.05) is 12.1 Å². The fourth-order valence-electron chi connectivity index (χ4n) is 5.32. The molecule has 10 nitrogen and oxygen atoms in total. The van der Waals surface area contributed by atoms with Crippen molar-refractivity contribution in [1.82, 2.24) is 19.8 Å². The monoisotopic (exact) mass is 587 g/mol. The maximum atomic E-state index is 12.6. The number of piperazine rings is 1. The predicted octanol–water partition coefficient (Wildman–Crippen LogP) is 5.41. The topological polar surface area (TPSA) is 120 Å². The van der Waals surface area contributed by atoms with E-state index in [1.165, 1.54) is 30.8 Å². The molecule has 1 saturated carbocycles. The van der Waals surface area contributed by atoms with Crippen LogP contribution in [0.2, 0.25) is 5.15 Å². The first-order chi connectivity index (χ1) is 20.4. The molecular weight excluding hydrogens is 554 g/mol. The number of anilines is 3. The van der Waals surface area contributed by atoms with Crippen molar-refractivity contribution in [2.45, 2.75) is 26.2 Å². The Balaban J connectivity index is 1.19. The second-order valence-electron chi connectivity index (χ2n) is 10.4. The minimum atomic E-state index is -0.372. The lowest BCUT2D eigenvalue weighted by Gasteiger charge is -2.39. The molecule has 0 bridgehead atoms. The number of hydrogen-bond acceptors (Lipinski definition) is 8. The van der Waals surface area contributed by atoms with Crippen molar-refractivity contribution in [3.63, 3.8) is 0 Å². The molecule has 11 heteroatoms. The number of carbonyl (C=O) groups excluding carboxylic acids is 3. The Bertz CT molecular complexity index is 1500. The van der Waals surface area contributed by atoms with E-state index in [9.17, 15) is 14.4 Å². The van der Waals surface area contributed by atoms with Crippen molar-refractivity contribution in [3.8, 4) is 0 Å². The van der Waals surface area contributed by atoms with Crippen LogP contribution in [-0.2, 0) is 0 Å². The first kappa shape index (κ1) is 29.2. The van der Waals surface area contributed by atoms with Gasteiger partial charge in [-0.25, -0.2) is 9.78 Å². The van der Waals surface area contributed by atoms with Crippen molar-refractivity contribution in [3.05, 3.63) is 82.4 Å². The van der Waals surface area contributed by atoms with Crippen LogP contribution in [0.4, 0.5) is 21.9 Å². The number of ketones is 1. The number of halogens is 1. The summed E-state index contributed by atoms with van der Waals surface area (Å²) in [4.78, 5) is 49.5. The summed E-state index contributed by atoms with van der Waals surface area (Å²) in [6.07, 6.45) is 7.27. The highest BCUT2D eigenvalue weighted by molar-refractivity contribution is 6.29. The molecule has 3 aromatic rings. The van der Waals surface area contributed by atoms with E-state index in [0.29, 0.717) is 39.9 Å². The van der Waals surface area contributed by atoms with Gasteiger partial charge in [0.2, 0.25) is 0 Å². The van der Waals surface area contributed by atoms with Gasteiger partial charge < -0.3 is 20.9 Å². The van der Waals surface area contributed by atoms with Crippen LogP contribution in [0, 0.1) is 0 Å². The average molecular weight is 588 g/mol. The number of amides is 2. The third-order valence-corrected chi connectivity index (χ3v) is 7.75. The summed E-state index contributed by atoms with van der Waals surface area (Å²) >= 11 is 5.92. The lowest BCUT2D eigenvalue weighted by Crippen LogP contribution is -2.47. The molecule has 0 radical (unpaired) electrons. The maximum Gasteiger partial charge on any atom is 0.323 e. The van der Waals surface area contributed by atoms with E-state index >= 15 is 0 Å². The predicted molar refractivity (Wildman–Crippen MR) is 165 cm³/mol. The van der Waals surface area contributed by atoms with Gasteiger partial charge in [0.1, 0.15) is 5.15 Å². The molecule has 2 amide bonds. The highest BCUT2D eigenvalue weighted by atomic mass is 35.5. The molecule has 2 aromatic heterocycles. The number of aromatic nitrogens is 2. The standard InChI is InChI=1S/C31H34ClN7O3/c1-21(41)29-23(20-40)6-3-7-26(29)34-12-13-38-14-16-39(17-15-38)30(22-4-2-5-22)27-18-24(8-10-33-27)36-31(42)37-25-9-11-35-28(32)19-25/h3,6-11,18-20,34H,2,4-5,12-17H2,1H3,(H2,33,35,36,37,42). The average Bonchev–Trinajstić information content (AvgIpc) is 2.95. The summed E-state index contributed by atoms with van der Waals surface area (Å²) < 4.78 is 0. The fraction of sp³-hybridized carbons (Fsp3) is 0.323. The molecule has 5 rings (SSSR count). The van der Waals surface area contributed by atoms with Crippen LogP contribution in [-0.4, -0.2) is 77.1 Å². The lowest BCUT2D eigenvalue weighted by molar-refractivity contribution is 0.101. The minimum Gasteiger partial charge on any atom is -0.383 e. The van der Waals surface area contributed by atoms with Gasteiger partial charge in [0.05, 0.1) is 17.0 Å². The molecule has 0 spiro atoms. The molecule has 0 unspecified atom stereocenters. The first-order valence-corrected chi connectivity index (χ1v) is 14.5. The molecule has 42 heavy (non-hydrogen) atoms. The number of nitrogens with one attached hydrogen (secondary N) is 3. The van der Waals surface area contributed by atoms with Crippen LogP contribution >= 0.6 is 11.6 Å². The molecule has 2 fully saturated rings. The lowest BCUT2D eigenvalue weighted by atomic mass is 9.88. The Hall–Kier alpha value is -4.28. The molecule has 3 heterocycles. The summed E-state index contributed by atoms with van der Waals surface area (Å²) in [5.41, 5.74) is 6.18. The molecule has 3 N–H and O–H groups in total. The van der Waals surface area contributed by atoms with E-state index in [2.05, 4.69) is 35.7 Å². The number of benzene rings is 1. The molecule has 0 atom stereocenters. The van der Waals surface area contributed by atoms with E-state index in [-0.39, 0.29) is 11.8 Å². The van der Waals surface area contributed by atoms with Crippen LogP contribution in [0.25, 0.3) is 5.70 Å². The summed E-state index contributed by atoms with van der Waals surface area (Å²) in [6.45, 7) is 6.47. The van der Waals surface area contributed by atoms with E-state index in [4.69, 9.17) is 11.6 Å². The summed E-state index contributed by atoms with van der Waals surface area (Å²) in [6, 6.07) is 11.9. The molecule has 1 saturated heterocycles. The third-order valence-electron chi connectivity index (χ3n) is 7.54. The zero-order valence-electron chi connectivity index (χ0n) is 23.5. The van der Waals surface area contributed by atoms with Gasteiger partial charge >= 0.3 is 6.03 Å². The van der Waals surface area contributed by atoms with Gasteiger partial charge in [-0.1, -0.05) is 23.7 Å². The Morgan fingerprint density at radius 1 is 0.976 bits per heavy atom. The minimum absolute atomic E-state index is 0.127. The van der Waals surface area contributed by atoms with Gasteiger partial charge in [0, 0.05) is 74.3 Å². The number of allylic oxidation sites excluding steroid dienone is 1. The second-order valence-corrected chi connectivity index (χ2v) is 10.8. The van der Waals surface area contributed by atoms with Crippen molar-refractivity contribution in [2.75, 3.05) is 55.2 Å². The fourth-order valence-corrected chi connectivity index (χ4v) is 5.49. The van der Waals surface area contributed by atoms with Gasteiger partial charge in [-0.3, -0.25) is 19.5 Å². The summed E-state index contributed by atoms with van der Waals surface area (Å²) in [5.74, 6) is -0.127. The number of Topliss-reactive ketones (excluding diaryl/α,β-unsaturated/α-hetero) is 1. The number of rotatable bonds is 10. The summed E-state index contributed by atoms with van der Waals surface area (Å²) in [5, 5.41) is 9.32. The molecule has 1 aromatic carbocycles. The Labute approximate surface area is 250 Å². The van der Waals surface area contributed by atoms with Crippen LogP contribution in [0.15, 0.2) is 60.4 Å². The van der Waals surface area contributed by atoms with Gasteiger partial charge in [0.15, 0.2) is 12.1 Å². The van der Waals surface area contributed by atoms with Gasteiger partial charge in [-0.15, -0.1) is 0 Å². The highest BCUT2D eigenvalue weighted by Gasteiger charge is 2.26. The van der Waals surface area contributed by atoms with Crippen molar-refractivity contribution < 1.29 is 14.4 Å². The van der Waals surface area contributed by atoms with E-state index in [0.717, 1.165) is 57.5 Å². The zero-order valence-corrected chi connectivity index (χ0v) is 24.3. The molecule has 1 aliphatic carbocycles. The molecular formula is C31H34ClN7O3. The van der Waals surface area contributed by atoms with Crippen LogP contribution in [0.1, 0.15) is 52.6 Å². The van der Waals surface area contributed by atoms with Crippen LogP contribution in [0.3, 0.4) is 0 Å². The quantitative estimate of drug-likeness (QED) is 0.164. The smallest absolute Gasteiger partial charge is 0.323 e. The number of hydrogen-bond donors (Lipinski definition) is 3. The van der Waals surface area contributed by atoms with Gasteiger partial charge in [-0.2, -0.15) is 0 Å². The SMILES string of the molecule is CC(=O)c1c(C=O)cccc1NCCN1CCN(C(=C2CCC2)c2cc(NC(=O)Nc3ccnc(Cl)c3)ccn2)CC1. The summed E-state index contributed by atoms with van der Waals surface area (Å²) in [7, 11) is 0. The number of aldehydes is 1. The van der Waals surface area contributed by atoms with E-state index in [1.54, 1.807) is 36.5 Å². The Kier molecular flexibility index (Phi) is 9.45. The maximum absolute atomic E-state index is 12.6. The van der Waals surface area contributed by atoms with Crippen molar-refractivity contribution >= 4 is 52.5 Å². The normalized spacial score (nSPS) is 15.0. The number of nitrogens with zero attached hydrogens (tertiary/aromatic N) is 4. The second kappa shape index (κ2) is 13.6. The molecule has 2 aliphatic rings.